The van der Waals surface area contributed by atoms with E-state index in [4.69, 9.17) is 9.73 Å². The Morgan fingerprint density at radius 1 is 0.968 bits per heavy atom. The van der Waals surface area contributed by atoms with E-state index in [-0.39, 0.29) is 24.1 Å². The standard InChI is InChI=1S/C23H40FN5O2/c1-31-19-8-4-5-16(13-19)22(30)27-23(25-18-6-2-3-7-18)26-21-14-20(28-29-21)15-9-11-17(24)12-10-15/h15-21,28-29H,2-14H2,1H3,(H2,25,26,27,30). The number of halogens is 1. The monoisotopic (exact) mass is 437 g/mol. The first kappa shape index (κ1) is 22.9. The SMILES string of the molecule is COC1CCCC(C(=O)N/C(=N\C2CC(C3CCC(F)CC3)NN2)NC2CCCC2)C1. The summed E-state index contributed by atoms with van der Waals surface area (Å²) in [5.41, 5.74) is 6.68. The molecule has 4 aliphatic rings. The number of hydrazine groups is 1. The molecule has 0 aromatic heterocycles. The Morgan fingerprint density at radius 2 is 1.74 bits per heavy atom. The van der Waals surface area contributed by atoms with Gasteiger partial charge in [0.15, 0.2) is 5.96 Å². The first-order chi connectivity index (χ1) is 15.1. The molecule has 4 rings (SSSR count). The van der Waals surface area contributed by atoms with E-state index in [0.717, 1.165) is 57.8 Å². The van der Waals surface area contributed by atoms with Crippen LogP contribution in [-0.4, -0.2) is 49.5 Å². The Kier molecular flexibility index (Phi) is 8.18. The van der Waals surface area contributed by atoms with Crippen LogP contribution in [0.2, 0.25) is 0 Å². The molecule has 1 saturated heterocycles. The Bertz CT molecular complexity index is 619. The van der Waals surface area contributed by atoms with E-state index in [0.29, 0.717) is 36.8 Å². The minimum absolute atomic E-state index is 0.0208. The Balaban J connectivity index is 1.36. The second-order valence-electron chi connectivity index (χ2n) is 9.97. The third kappa shape index (κ3) is 6.39. The second kappa shape index (κ2) is 11.1. The molecular weight excluding hydrogens is 397 g/mol. The lowest BCUT2D eigenvalue weighted by molar-refractivity contribution is -0.126. The van der Waals surface area contributed by atoms with E-state index in [1.165, 1.54) is 12.8 Å². The van der Waals surface area contributed by atoms with E-state index >= 15 is 0 Å². The molecule has 0 radical (unpaired) electrons. The van der Waals surface area contributed by atoms with Crippen molar-refractivity contribution >= 4 is 11.9 Å². The van der Waals surface area contributed by atoms with Gasteiger partial charge in [-0.1, -0.05) is 19.3 Å². The van der Waals surface area contributed by atoms with Gasteiger partial charge < -0.3 is 10.1 Å². The molecule has 0 aromatic rings. The molecular formula is C23H40FN5O2. The van der Waals surface area contributed by atoms with Crippen LogP contribution in [0.5, 0.6) is 0 Å². The van der Waals surface area contributed by atoms with Crippen LogP contribution in [0.3, 0.4) is 0 Å². The van der Waals surface area contributed by atoms with Crippen molar-refractivity contribution < 1.29 is 13.9 Å². The van der Waals surface area contributed by atoms with Crippen molar-refractivity contribution in [3.05, 3.63) is 0 Å². The molecule has 0 aromatic carbocycles. The van der Waals surface area contributed by atoms with Crippen molar-refractivity contribution in [1.82, 2.24) is 21.5 Å². The smallest absolute Gasteiger partial charge is 0.229 e. The minimum Gasteiger partial charge on any atom is -0.381 e. The highest BCUT2D eigenvalue weighted by Crippen LogP contribution is 2.31. The molecule has 0 bridgehead atoms. The number of carbonyl (C=O) groups excluding carboxylic acids is 1. The zero-order valence-electron chi connectivity index (χ0n) is 18.9. The highest BCUT2D eigenvalue weighted by Gasteiger charge is 2.34. The van der Waals surface area contributed by atoms with Crippen LogP contribution < -0.4 is 21.5 Å². The number of alkyl halides is 1. The number of nitrogens with zero attached hydrogens (tertiary/aromatic N) is 1. The fourth-order valence-corrected chi connectivity index (χ4v) is 5.78. The molecule has 7 nitrogen and oxygen atoms in total. The highest BCUT2D eigenvalue weighted by atomic mass is 19.1. The largest absolute Gasteiger partial charge is 0.381 e. The van der Waals surface area contributed by atoms with Gasteiger partial charge in [0.2, 0.25) is 5.91 Å². The predicted molar refractivity (Wildman–Crippen MR) is 119 cm³/mol. The first-order valence-electron chi connectivity index (χ1n) is 12.4. The molecule has 1 aliphatic heterocycles. The lowest BCUT2D eigenvalue weighted by Crippen LogP contribution is -2.49. The first-order valence-corrected chi connectivity index (χ1v) is 12.4. The average Bonchev–Trinajstić information content (AvgIpc) is 3.46. The zero-order chi connectivity index (χ0) is 21.6. The van der Waals surface area contributed by atoms with Crippen LogP contribution in [0, 0.1) is 11.8 Å². The molecule has 4 N–H and O–H groups in total. The van der Waals surface area contributed by atoms with Gasteiger partial charge in [0.25, 0.3) is 0 Å². The van der Waals surface area contributed by atoms with Crippen LogP contribution >= 0.6 is 0 Å². The Labute approximate surface area is 185 Å². The molecule has 4 unspecified atom stereocenters. The van der Waals surface area contributed by atoms with Gasteiger partial charge in [-0.05, 0) is 63.7 Å². The van der Waals surface area contributed by atoms with Gasteiger partial charge in [-0.2, -0.15) is 0 Å². The normalized spacial score (nSPS) is 37.7. The van der Waals surface area contributed by atoms with E-state index in [1.54, 1.807) is 7.11 Å². The average molecular weight is 438 g/mol. The third-order valence-electron chi connectivity index (χ3n) is 7.74. The van der Waals surface area contributed by atoms with Crippen LogP contribution in [0.15, 0.2) is 4.99 Å². The quantitative estimate of drug-likeness (QED) is 0.392. The van der Waals surface area contributed by atoms with Gasteiger partial charge in [-0.3, -0.25) is 15.5 Å². The van der Waals surface area contributed by atoms with Crippen molar-refractivity contribution in [2.45, 2.75) is 114 Å². The summed E-state index contributed by atoms with van der Waals surface area (Å²) in [7, 11) is 1.73. The third-order valence-corrected chi connectivity index (χ3v) is 7.74. The maximum absolute atomic E-state index is 13.5. The van der Waals surface area contributed by atoms with Crippen molar-refractivity contribution in [2.75, 3.05) is 7.11 Å². The number of guanidine groups is 1. The zero-order valence-corrected chi connectivity index (χ0v) is 18.9. The van der Waals surface area contributed by atoms with Gasteiger partial charge in [0.1, 0.15) is 12.3 Å². The number of ether oxygens (including phenoxy) is 1. The van der Waals surface area contributed by atoms with Crippen molar-refractivity contribution in [3.8, 4) is 0 Å². The number of aliphatic imine (C=N–C) groups is 1. The lowest BCUT2D eigenvalue weighted by atomic mass is 9.82. The van der Waals surface area contributed by atoms with Gasteiger partial charge in [-0.15, -0.1) is 0 Å². The number of methoxy groups -OCH3 is 1. The molecule has 1 amide bonds. The Morgan fingerprint density at radius 3 is 2.48 bits per heavy atom. The minimum atomic E-state index is -0.630. The van der Waals surface area contributed by atoms with Gasteiger partial charge >= 0.3 is 0 Å². The number of hydrogen-bond acceptors (Lipinski definition) is 5. The number of nitrogens with one attached hydrogen (secondary N) is 4. The van der Waals surface area contributed by atoms with Crippen LogP contribution in [0.25, 0.3) is 0 Å². The van der Waals surface area contributed by atoms with Crippen LogP contribution in [0.4, 0.5) is 4.39 Å². The van der Waals surface area contributed by atoms with Crippen LogP contribution in [0.1, 0.15) is 83.5 Å². The molecule has 1 heterocycles. The lowest BCUT2D eigenvalue weighted by Gasteiger charge is -2.28. The Hall–Kier alpha value is -1.25. The van der Waals surface area contributed by atoms with Crippen molar-refractivity contribution in [2.24, 2.45) is 16.8 Å². The number of hydrogen-bond donors (Lipinski definition) is 4. The maximum atomic E-state index is 13.5. The maximum Gasteiger partial charge on any atom is 0.229 e. The summed E-state index contributed by atoms with van der Waals surface area (Å²) >= 11 is 0. The van der Waals surface area contributed by atoms with Crippen LogP contribution in [-0.2, 0) is 9.53 Å². The molecule has 176 valence electrons. The molecule has 4 fully saturated rings. The number of amides is 1. The number of carbonyl (C=O) groups is 1. The molecule has 8 heteroatoms. The van der Waals surface area contributed by atoms with Gasteiger partial charge in [-0.25, -0.2) is 14.8 Å². The summed E-state index contributed by atoms with van der Waals surface area (Å²) in [5, 5.41) is 6.62. The fraction of sp³-hybridized carbons (Fsp3) is 0.913. The summed E-state index contributed by atoms with van der Waals surface area (Å²) < 4.78 is 19.0. The summed E-state index contributed by atoms with van der Waals surface area (Å²) in [4.78, 5) is 17.9. The summed E-state index contributed by atoms with van der Waals surface area (Å²) in [6.07, 6.45) is 12.0. The predicted octanol–water partition coefficient (Wildman–Crippen LogP) is 2.92. The fourth-order valence-electron chi connectivity index (χ4n) is 5.78. The summed E-state index contributed by atoms with van der Waals surface area (Å²) in [5.74, 6) is 1.12. The highest BCUT2D eigenvalue weighted by molar-refractivity contribution is 5.98. The van der Waals surface area contributed by atoms with E-state index in [2.05, 4.69) is 21.5 Å². The summed E-state index contributed by atoms with van der Waals surface area (Å²) in [6, 6.07) is 0.688. The van der Waals surface area contributed by atoms with E-state index in [1.807, 2.05) is 0 Å². The number of rotatable bonds is 5. The van der Waals surface area contributed by atoms with Gasteiger partial charge in [0.05, 0.1) is 6.10 Å². The molecule has 4 atom stereocenters. The molecule has 3 saturated carbocycles. The van der Waals surface area contributed by atoms with Crippen molar-refractivity contribution in [1.29, 1.82) is 0 Å². The van der Waals surface area contributed by atoms with Crippen molar-refractivity contribution in [3.63, 3.8) is 0 Å². The molecule has 31 heavy (non-hydrogen) atoms. The molecule has 3 aliphatic carbocycles. The van der Waals surface area contributed by atoms with Gasteiger partial charge in [0, 0.05) is 31.5 Å². The van der Waals surface area contributed by atoms with E-state index in [9.17, 15) is 9.18 Å². The topological polar surface area (TPSA) is 86.8 Å². The second-order valence-corrected chi connectivity index (χ2v) is 9.97. The summed E-state index contributed by atoms with van der Waals surface area (Å²) in [6.45, 7) is 0. The van der Waals surface area contributed by atoms with E-state index < -0.39 is 6.17 Å². The molecule has 0 spiro atoms.